The smallest absolute Gasteiger partial charge is 0.427 e. The van der Waals surface area contributed by atoms with Crippen LogP contribution < -0.4 is 0 Å². The highest BCUT2D eigenvalue weighted by Gasteiger charge is 2.17. The Kier molecular flexibility index (Phi) is 3.76. The fourth-order valence-corrected chi connectivity index (χ4v) is 1.76. The summed E-state index contributed by atoms with van der Waals surface area (Å²) in [6.07, 6.45) is 5.63. The van der Waals surface area contributed by atoms with Crippen LogP contribution in [0.3, 0.4) is 0 Å². The third-order valence-electron chi connectivity index (χ3n) is 2.65. The molecule has 0 aromatic carbocycles. The summed E-state index contributed by atoms with van der Waals surface area (Å²) >= 11 is 0. The number of rotatable bonds is 3. The monoisotopic (exact) mass is 180 g/mol. The summed E-state index contributed by atoms with van der Waals surface area (Å²) in [7, 11) is -1.19. The Bertz CT molecular complexity index is 221. The van der Waals surface area contributed by atoms with E-state index in [1.165, 1.54) is 11.1 Å². The molecule has 0 fully saturated rings. The van der Waals surface area contributed by atoms with Crippen molar-refractivity contribution < 1.29 is 10.0 Å². The normalized spacial score (nSPS) is 22.4. The first-order valence-electron chi connectivity index (χ1n) is 4.79. The zero-order chi connectivity index (χ0) is 9.84. The van der Waals surface area contributed by atoms with Gasteiger partial charge in [-0.1, -0.05) is 23.8 Å². The van der Waals surface area contributed by atoms with Crippen molar-refractivity contribution in [3.8, 4) is 0 Å². The molecule has 1 rings (SSSR count). The lowest BCUT2D eigenvalue weighted by Gasteiger charge is -2.21. The molecule has 1 atom stereocenters. The fourth-order valence-electron chi connectivity index (χ4n) is 1.76. The minimum absolute atomic E-state index is 0.406. The standard InChI is InChI=1S/C10H17BO2/c1-8(2)10-5-3-9(4-6-10)7-11(12)13/h3,10,12-13H,1,4-7H2,2H3/t10-/m1/s1. The van der Waals surface area contributed by atoms with Crippen LogP contribution in [0.1, 0.15) is 26.2 Å². The number of hydrogen-bond donors (Lipinski definition) is 2. The van der Waals surface area contributed by atoms with Crippen LogP contribution in [0.2, 0.25) is 6.32 Å². The van der Waals surface area contributed by atoms with Crippen LogP contribution in [-0.2, 0) is 0 Å². The Morgan fingerprint density at radius 3 is 2.77 bits per heavy atom. The van der Waals surface area contributed by atoms with Crippen LogP contribution in [0.4, 0.5) is 0 Å². The predicted octanol–water partition coefficient (Wildman–Crippen LogP) is 1.76. The zero-order valence-corrected chi connectivity index (χ0v) is 8.16. The van der Waals surface area contributed by atoms with Crippen molar-refractivity contribution in [2.75, 3.05) is 0 Å². The first-order valence-corrected chi connectivity index (χ1v) is 4.79. The van der Waals surface area contributed by atoms with Gasteiger partial charge in [0.15, 0.2) is 0 Å². The van der Waals surface area contributed by atoms with E-state index in [0.717, 1.165) is 19.3 Å². The molecule has 1 aliphatic rings. The first-order chi connectivity index (χ1) is 6.09. The molecule has 2 nitrogen and oxygen atoms in total. The molecular formula is C10H17BO2. The van der Waals surface area contributed by atoms with Crippen molar-refractivity contribution in [3.63, 3.8) is 0 Å². The van der Waals surface area contributed by atoms with E-state index in [2.05, 4.69) is 19.6 Å². The van der Waals surface area contributed by atoms with E-state index in [1.807, 2.05) is 0 Å². The summed E-state index contributed by atoms with van der Waals surface area (Å²) in [5, 5.41) is 17.6. The molecule has 0 radical (unpaired) electrons. The van der Waals surface area contributed by atoms with Gasteiger partial charge in [0, 0.05) is 6.32 Å². The average molecular weight is 180 g/mol. The number of allylic oxidation sites excluding steroid dienone is 3. The summed E-state index contributed by atoms with van der Waals surface area (Å²) in [5.74, 6) is 0.597. The van der Waals surface area contributed by atoms with Gasteiger partial charge in [-0.05, 0) is 32.1 Å². The van der Waals surface area contributed by atoms with Crippen LogP contribution in [0.25, 0.3) is 0 Å². The maximum absolute atomic E-state index is 8.78. The second-order valence-corrected chi connectivity index (χ2v) is 3.86. The van der Waals surface area contributed by atoms with Crippen LogP contribution in [-0.4, -0.2) is 17.2 Å². The third kappa shape index (κ3) is 3.37. The predicted molar refractivity (Wildman–Crippen MR) is 55.2 cm³/mol. The van der Waals surface area contributed by atoms with E-state index in [0.29, 0.717) is 12.2 Å². The SMILES string of the molecule is C=C(C)[C@@H]1CC=C(CB(O)O)CC1. The summed E-state index contributed by atoms with van der Waals surface area (Å²) in [5.41, 5.74) is 2.41. The zero-order valence-electron chi connectivity index (χ0n) is 8.16. The lowest BCUT2D eigenvalue weighted by Crippen LogP contribution is -2.14. The van der Waals surface area contributed by atoms with Crippen LogP contribution in [0.5, 0.6) is 0 Å². The Morgan fingerprint density at radius 1 is 1.69 bits per heavy atom. The molecular weight excluding hydrogens is 163 g/mol. The second kappa shape index (κ2) is 4.63. The molecule has 0 aliphatic heterocycles. The number of hydrogen-bond acceptors (Lipinski definition) is 2. The molecule has 2 N–H and O–H groups in total. The van der Waals surface area contributed by atoms with Gasteiger partial charge in [0.25, 0.3) is 0 Å². The van der Waals surface area contributed by atoms with E-state index in [-0.39, 0.29) is 0 Å². The Balaban J connectivity index is 2.43. The van der Waals surface area contributed by atoms with Crippen LogP contribution in [0.15, 0.2) is 23.8 Å². The molecule has 0 unspecified atom stereocenters. The molecule has 0 saturated carbocycles. The molecule has 3 heteroatoms. The van der Waals surface area contributed by atoms with Crippen molar-refractivity contribution in [1.29, 1.82) is 0 Å². The van der Waals surface area contributed by atoms with Crippen LogP contribution in [0, 0.1) is 5.92 Å². The molecule has 0 saturated heterocycles. The highest BCUT2D eigenvalue weighted by atomic mass is 16.4. The highest BCUT2D eigenvalue weighted by Crippen LogP contribution is 2.29. The van der Waals surface area contributed by atoms with Crippen molar-refractivity contribution in [3.05, 3.63) is 23.8 Å². The molecule has 13 heavy (non-hydrogen) atoms. The molecule has 0 bridgehead atoms. The molecule has 1 aliphatic carbocycles. The lowest BCUT2D eigenvalue weighted by molar-refractivity contribution is 0.407. The minimum atomic E-state index is -1.19. The van der Waals surface area contributed by atoms with Gasteiger partial charge >= 0.3 is 7.12 Å². The van der Waals surface area contributed by atoms with Gasteiger partial charge in [0.05, 0.1) is 0 Å². The fraction of sp³-hybridized carbons (Fsp3) is 0.600. The van der Waals surface area contributed by atoms with Crippen molar-refractivity contribution in [2.24, 2.45) is 5.92 Å². The van der Waals surface area contributed by atoms with Gasteiger partial charge < -0.3 is 10.0 Å². The van der Waals surface area contributed by atoms with Gasteiger partial charge in [-0.3, -0.25) is 0 Å². The summed E-state index contributed by atoms with van der Waals surface area (Å²) in [6.45, 7) is 6.00. The Morgan fingerprint density at radius 2 is 2.38 bits per heavy atom. The molecule has 72 valence electrons. The quantitative estimate of drug-likeness (QED) is 0.513. The maximum Gasteiger partial charge on any atom is 0.455 e. The van der Waals surface area contributed by atoms with Gasteiger partial charge in [0.1, 0.15) is 0 Å². The van der Waals surface area contributed by atoms with Crippen molar-refractivity contribution in [2.45, 2.75) is 32.5 Å². The van der Waals surface area contributed by atoms with E-state index in [4.69, 9.17) is 10.0 Å². The van der Waals surface area contributed by atoms with E-state index >= 15 is 0 Å². The molecule has 0 amide bonds. The summed E-state index contributed by atoms with van der Waals surface area (Å²) in [4.78, 5) is 0. The minimum Gasteiger partial charge on any atom is -0.427 e. The topological polar surface area (TPSA) is 40.5 Å². The molecule has 0 heterocycles. The molecule has 0 aromatic heterocycles. The third-order valence-corrected chi connectivity index (χ3v) is 2.65. The van der Waals surface area contributed by atoms with Crippen LogP contribution >= 0.6 is 0 Å². The summed E-state index contributed by atoms with van der Waals surface area (Å²) in [6, 6.07) is 0. The van der Waals surface area contributed by atoms with E-state index < -0.39 is 7.12 Å². The maximum atomic E-state index is 8.78. The molecule has 0 aromatic rings. The van der Waals surface area contributed by atoms with Gasteiger partial charge in [0.2, 0.25) is 0 Å². The van der Waals surface area contributed by atoms with E-state index in [1.54, 1.807) is 0 Å². The van der Waals surface area contributed by atoms with Crippen molar-refractivity contribution in [1.82, 2.24) is 0 Å². The average Bonchev–Trinajstić information content (AvgIpc) is 2.04. The van der Waals surface area contributed by atoms with Gasteiger partial charge in [-0.2, -0.15) is 0 Å². The lowest BCUT2D eigenvalue weighted by atomic mass is 9.75. The largest absolute Gasteiger partial charge is 0.455 e. The van der Waals surface area contributed by atoms with Crippen molar-refractivity contribution >= 4 is 7.12 Å². The Labute approximate surface area is 80.1 Å². The Hall–Kier alpha value is -0.535. The second-order valence-electron chi connectivity index (χ2n) is 3.86. The van der Waals surface area contributed by atoms with Gasteiger partial charge in [-0.15, -0.1) is 0 Å². The van der Waals surface area contributed by atoms with Gasteiger partial charge in [-0.25, -0.2) is 0 Å². The summed E-state index contributed by atoms with van der Waals surface area (Å²) < 4.78 is 0. The molecule has 0 spiro atoms. The van der Waals surface area contributed by atoms with E-state index in [9.17, 15) is 0 Å². The highest BCUT2D eigenvalue weighted by molar-refractivity contribution is 6.41. The first kappa shape index (κ1) is 10.5.